The molecule has 108 valence electrons. The molecule has 3 N–H and O–H groups in total. The number of nitrogens with zero attached hydrogens (tertiary/aromatic N) is 1. The van der Waals surface area contributed by atoms with E-state index in [9.17, 15) is 4.79 Å². The quantitative estimate of drug-likeness (QED) is 0.694. The Morgan fingerprint density at radius 1 is 1.11 bits per heavy atom. The minimum Gasteiger partial charge on any atom is -0.353 e. The van der Waals surface area contributed by atoms with Gasteiger partial charge in [-0.1, -0.05) is 13.8 Å². The zero-order valence-corrected chi connectivity index (χ0v) is 12.9. The van der Waals surface area contributed by atoms with Crippen molar-refractivity contribution in [3.8, 4) is 0 Å². The average molecular weight is 257 g/mol. The maximum Gasteiger partial charge on any atom is 0.236 e. The first kappa shape index (κ1) is 17.4. The molecule has 0 bridgehead atoms. The Morgan fingerprint density at radius 2 is 1.61 bits per heavy atom. The Hall–Kier alpha value is -0.610. The fourth-order valence-corrected chi connectivity index (χ4v) is 2.17. The zero-order valence-electron chi connectivity index (χ0n) is 12.9. The van der Waals surface area contributed by atoms with Gasteiger partial charge in [-0.25, -0.2) is 0 Å². The summed E-state index contributed by atoms with van der Waals surface area (Å²) in [7, 11) is 0. The Morgan fingerprint density at radius 3 is 2.00 bits per heavy atom. The second kappa shape index (κ2) is 8.48. The molecule has 0 aromatic rings. The lowest BCUT2D eigenvalue weighted by Gasteiger charge is -2.30. The number of hydrogen-bond donors (Lipinski definition) is 2. The molecule has 4 nitrogen and oxygen atoms in total. The van der Waals surface area contributed by atoms with E-state index in [0.717, 1.165) is 13.0 Å². The second-order valence-corrected chi connectivity index (χ2v) is 5.95. The van der Waals surface area contributed by atoms with Crippen molar-refractivity contribution in [3.63, 3.8) is 0 Å². The standard InChI is InChI=1S/C14H31N3O/c1-10(2)9-13(15)14(18)16-7-8-17(11(3)4)12(5)6/h10-13H,7-9,15H2,1-6H3,(H,16,18)/t13-/m1/s1. The highest BCUT2D eigenvalue weighted by atomic mass is 16.2. The zero-order chi connectivity index (χ0) is 14.3. The van der Waals surface area contributed by atoms with Gasteiger partial charge in [0, 0.05) is 25.2 Å². The van der Waals surface area contributed by atoms with Crippen molar-refractivity contribution in [2.45, 2.75) is 66.1 Å². The van der Waals surface area contributed by atoms with E-state index in [1.807, 2.05) is 0 Å². The van der Waals surface area contributed by atoms with Crippen LogP contribution in [0.1, 0.15) is 48.0 Å². The summed E-state index contributed by atoms with van der Waals surface area (Å²) in [5, 5.41) is 2.92. The van der Waals surface area contributed by atoms with Crippen LogP contribution in [0.25, 0.3) is 0 Å². The molecule has 0 saturated heterocycles. The van der Waals surface area contributed by atoms with Crippen LogP contribution in [0.15, 0.2) is 0 Å². The number of carbonyl (C=O) groups is 1. The molecule has 0 aliphatic heterocycles. The molecule has 0 aromatic heterocycles. The van der Waals surface area contributed by atoms with Crippen molar-refractivity contribution in [1.29, 1.82) is 0 Å². The second-order valence-electron chi connectivity index (χ2n) is 5.95. The Balaban J connectivity index is 3.99. The van der Waals surface area contributed by atoms with Crippen molar-refractivity contribution in [1.82, 2.24) is 10.2 Å². The van der Waals surface area contributed by atoms with Crippen LogP contribution in [0.2, 0.25) is 0 Å². The summed E-state index contributed by atoms with van der Waals surface area (Å²) in [4.78, 5) is 14.1. The van der Waals surface area contributed by atoms with Gasteiger partial charge in [-0.15, -0.1) is 0 Å². The van der Waals surface area contributed by atoms with Gasteiger partial charge in [0.2, 0.25) is 5.91 Å². The molecular weight excluding hydrogens is 226 g/mol. The van der Waals surface area contributed by atoms with E-state index in [1.165, 1.54) is 0 Å². The van der Waals surface area contributed by atoms with Crippen molar-refractivity contribution in [2.24, 2.45) is 11.7 Å². The molecule has 0 heterocycles. The third-order valence-electron chi connectivity index (χ3n) is 3.06. The van der Waals surface area contributed by atoms with E-state index >= 15 is 0 Å². The third kappa shape index (κ3) is 6.97. The normalized spacial score (nSPS) is 13.7. The third-order valence-corrected chi connectivity index (χ3v) is 3.06. The lowest BCUT2D eigenvalue weighted by atomic mass is 10.0. The summed E-state index contributed by atoms with van der Waals surface area (Å²) in [5.74, 6) is 0.421. The molecule has 4 heteroatoms. The van der Waals surface area contributed by atoms with Gasteiger partial charge in [-0.05, 0) is 40.0 Å². The van der Waals surface area contributed by atoms with E-state index in [-0.39, 0.29) is 11.9 Å². The van der Waals surface area contributed by atoms with Crippen LogP contribution in [-0.2, 0) is 4.79 Å². The Labute approximate surface area is 112 Å². The van der Waals surface area contributed by atoms with Crippen LogP contribution in [0.3, 0.4) is 0 Å². The molecule has 0 spiro atoms. The van der Waals surface area contributed by atoms with E-state index < -0.39 is 0 Å². The first-order valence-corrected chi connectivity index (χ1v) is 7.04. The molecule has 18 heavy (non-hydrogen) atoms. The fraction of sp³-hybridized carbons (Fsp3) is 0.929. The molecule has 0 aliphatic rings. The van der Waals surface area contributed by atoms with Gasteiger partial charge in [-0.2, -0.15) is 0 Å². The summed E-state index contributed by atoms with van der Waals surface area (Å²) in [6.45, 7) is 14.4. The molecule has 1 atom stereocenters. The number of carbonyl (C=O) groups excluding carboxylic acids is 1. The van der Waals surface area contributed by atoms with Gasteiger partial charge in [-0.3, -0.25) is 9.69 Å². The van der Waals surface area contributed by atoms with Crippen molar-refractivity contribution in [2.75, 3.05) is 13.1 Å². The summed E-state index contributed by atoms with van der Waals surface area (Å²) in [6.07, 6.45) is 0.740. The van der Waals surface area contributed by atoms with E-state index in [2.05, 4.69) is 51.8 Å². The molecule has 0 fully saturated rings. The maximum absolute atomic E-state index is 11.7. The fourth-order valence-electron chi connectivity index (χ4n) is 2.17. The van der Waals surface area contributed by atoms with Crippen molar-refractivity contribution in [3.05, 3.63) is 0 Å². The van der Waals surface area contributed by atoms with Gasteiger partial charge in [0.25, 0.3) is 0 Å². The topological polar surface area (TPSA) is 58.4 Å². The number of amides is 1. The van der Waals surface area contributed by atoms with E-state index in [4.69, 9.17) is 5.73 Å². The summed E-state index contributed by atoms with van der Waals surface area (Å²) in [6, 6.07) is 0.606. The van der Waals surface area contributed by atoms with Crippen LogP contribution < -0.4 is 11.1 Å². The summed E-state index contributed by atoms with van der Waals surface area (Å²) >= 11 is 0. The predicted octanol–water partition coefficient (Wildman–Crippen LogP) is 1.59. The van der Waals surface area contributed by atoms with Crippen molar-refractivity contribution >= 4 is 5.91 Å². The highest BCUT2D eigenvalue weighted by molar-refractivity contribution is 5.81. The molecule has 0 rings (SSSR count). The van der Waals surface area contributed by atoms with Crippen LogP contribution in [-0.4, -0.2) is 42.0 Å². The summed E-state index contributed by atoms with van der Waals surface area (Å²) < 4.78 is 0. The molecule has 0 aromatic carbocycles. The Bertz CT molecular complexity index is 231. The van der Waals surface area contributed by atoms with Crippen LogP contribution in [0, 0.1) is 5.92 Å². The number of nitrogens with two attached hydrogens (primary N) is 1. The first-order chi connectivity index (χ1) is 8.25. The van der Waals surface area contributed by atoms with Gasteiger partial charge in [0.05, 0.1) is 6.04 Å². The van der Waals surface area contributed by atoms with Crippen molar-refractivity contribution < 1.29 is 4.79 Å². The number of rotatable bonds is 8. The maximum atomic E-state index is 11.7. The van der Waals surface area contributed by atoms with Gasteiger partial charge >= 0.3 is 0 Å². The average Bonchev–Trinajstić information content (AvgIpc) is 2.21. The number of hydrogen-bond acceptors (Lipinski definition) is 3. The Kier molecular flexibility index (Phi) is 8.20. The minimum atomic E-state index is -0.378. The SMILES string of the molecule is CC(C)C[C@@H](N)C(=O)NCCN(C(C)C)C(C)C. The summed E-state index contributed by atoms with van der Waals surface area (Å²) in [5.41, 5.74) is 5.83. The van der Waals surface area contributed by atoms with Gasteiger partial charge < -0.3 is 11.1 Å². The molecule has 0 radical (unpaired) electrons. The molecule has 0 unspecified atom stereocenters. The molecule has 1 amide bonds. The van der Waals surface area contributed by atoms with E-state index in [0.29, 0.717) is 24.5 Å². The number of nitrogens with one attached hydrogen (secondary N) is 1. The van der Waals surface area contributed by atoms with Crippen LogP contribution in [0.5, 0.6) is 0 Å². The first-order valence-electron chi connectivity index (χ1n) is 7.04. The highest BCUT2D eigenvalue weighted by Crippen LogP contribution is 2.04. The lowest BCUT2D eigenvalue weighted by molar-refractivity contribution is -0.122. The smallest absolute Gasteiger partial charge is 0.236 e. The lowest BCUT2D eigenvalue weighted by Crippen LogP contribution is -2.46. The molecule has 0 saturated carbocycles. The minimum absolute atomic E-state index is 0.0313. The van der Waals surface area contributed by atoms with Crippen LogP contribution >= 0.6 is 0 Å². The van der Waals surface area contributed by atoms with Crippen LogP contribution in [0.4, 0.5) is 0 Å². The monoisotopic (exact) mass is 257 g/mol. The predicted molar refractivity (Wildman–Crippen MR) is 77.4 cm³/mol. The molecular formula is C14H31N3O. The highest BCUT2D eigenvalue weighted by Gasteiger charge is 2.16. The van der Waals surface area contributed by atoms with E-state index in [1.54, 1.807) is 0 Å². The van der Waals surface area contributed by atoms with Gasteiger partial charge in [0.1, 0.15) is 0 Å². The largest absolute Gasteiger partial charge is 0.353 e. The van der Waals surface area contributed by atoms with Gasteiger partial charge in [0.15, 0.2) is 0 Å². The molecule has 0 aliphatic carbocycles.